The van der Waals surface area contributed by atoms with Gasteiger partial charge in [-0.25, -0.2) is 0 Å². The van der Waals surface area contributed by atoms with Gasteiger partial charge < -0.3 is 0 Å². The van der Waals surface area contributed by atoms with Crippen molar-refractivity contribution in [2.45, 2.75) is 53.9 Å². The Hall–Kier alpha value is -0.850. The third-order valence-corrected chi connectivity index (χ3v) is 3.60. The first kappa shape index (κ1) is 14.2. The summed E-state index contributed by atoms with van der Waals surface area (Å²) in [7, 11) is 0. The molecule has 0 radical (unpaired) electrons. The molecule has 1 aliphatic rings. The Balaban J connectivity index is 2.92. The van der Waals surface area contributed by atoms with E-state index in [-0.39, 0.29) is 11.2 Å². The first-order valence-corrected chi connectivity index (χ1v) is 6.70. The molecule has 0 fully saturated rings. The highest BCUT2D eigenvalue weighted by Crippen LogP contribution is 2.43. The average molecular weight is 234 g/mol. The van der Waals surface area contributed by atoms with Gasteiger partial charge in [-0.3, -0.25) is 4.79 Å². The average Bonchev–Trinajstić information content (AvgIpc) is 2.14. The van der Waals surface area contributed by atoms with Crippen LogP contribution in [-0.2, 0) is 4.79 Å². The summed E-state index contributed by atoms with van der Waals surface area (Å²) in [6.45, 7) is 10.8. The molecule has 0 aliphatic heterocycles. The van der Waals surface area contributed by atoms with Gasteiger partial charge in [-0.05, 0) is 43.6 Å². The molecule has 0 heterocycles. The molecule has 1 atom stereocenters. The van der Waals surface area contributed by atoms with Crippen LogP contribution < -0.4 is 0 Å². The molecule has 0 saturated carbocycles. The van der Waals surface area contributed by atoms with Gasteiger partial charge in [0, 0.05) is 5.92 Å². The molecule has 1 aliphatic carbocycles. The zero-order valence-corrected chi connectivity index (χ0v) is 11.9. The van der Waals surface area contributed by atoms with Crippen LogP contribution in [0.2, 0.25) is 0 Å². The van der Waals surface area contributed by atoms with E-state index in [9.17, 15) is 4.79 Å². The van der Waals surface area contributed by atoms with Crippen LogP contribution in [0.4, 0.5) is 0 Å². The SMILES string of the molecule is CC(=O)/C=C/C1C(CC(C)C)=CCCC1(C)C. The van der Waals surface area contributed by atoms with Gasteiger partial charge in [-0.15, -0.1) is 0 Å². The largest absolute Gasteiger partial charge is 0.295 e. The summed E-state index contributed by atoms with van der Waals surface area (Å²) >= 11 is 0. The number of rotatable bonds is 4. The first-order chi connectivity index (χ1) is 7.83. The summed E-state index contributed by atoms with van der Waals surface area (Å²) < 4.78 is 0. The van der Waals surface area contributed by atoms with Crippen molar-refractivity contribution < 1.29 is 4.79 Å². The van der Waals surface area contributed by atoms with E-state index in [1.807, 2.05) is 0 Å². The number of allylic oxidation sites excluding steroid dienone is 4. The Morgan fingerprint density at radius 1 is 1.53 bits per heavy atom. The van der Waals surface area contributed by atoms with E-state index in [0.29, 0.717) is 11.8 Å². The van der Waals surface area contributed by atoms with E-state index >= 15 is 0 Å². The maximum atomic E-state index is 11.1. The lowest BCUT2D eigenvalue weighted by molar-refractivity contribution is -0.112. The minimum atomic E-state index is 0.148. The van der Waals surface area contributed by atoms with Crippen LogP contribution in [0.3, 0.4) is 0 Å². The molecular weight excluding hydrogens is 208 g/mol. The molecule has 0 aromatic rings. The molecule has 1 nitrogen and oxygen atoms in total. The highest BCUT2D eigenvalue weighted by molar-refractivity contribution is 5.87. The quantitative estimate of drug-likeness (QED) is 0.515. The summed E-state index contributed by atoms with van der Waals surface area (Å²) in [4.78, 5) is 11.1. The molecular formula is C16H26O. The topological polar surface area (TPSA) is 17.1 Å². The van der Waals surface area contributed by atoms with Crippen LogP contribution in [0.1, 0.15) is 53.9 Å². The second-order valence-electron chi connectivity index (χ2n) is 6.35. The lowest BCUT2D eigenvalue weighted by atomic mass is 9.67. The van der Waals surface area contributed by atoms with Crippen molar-refractivity contribution >= 4 is 5.78 Å². The summed E-state index contributed by atoms with van der Waals surface area (Å²) in [6.07, 6.45) is 9.79. The van der Waals surface area contributed by atoms with Gasteiger partial charge in [0.25, 0.3) is 0 Å². The smallest absolute Gasteiger partial charge is 0.152 e. The molecule has 1 heteroatoms. The Labute approximate surface area is 106 Å². The van der Waals surface area contributed by atoms with Crippen LogP contribution in [0.5, 0.6) is 0 Å². The van der Waals surface area contributed by atoms with E-state index in [0.717, 1.165) is 6.42 Å². The minimum absolute atomic E-state index is 0.148. The summed E-state index contributed by atoms with van der Waals surface area (Å²) in [5, 5.41) is 0. The Kier molecular flexibility index (Phi) is 4.73. The lowest BCUT2D eigenvalue weighted by Crippen LogP contribution is -2.28. The molecule has 0 spiro atoms. The molecule has 1 rings (SSSR count). The molecule has 0 amide bonds. The van der Waals surface area contributed by atoms with Gasteiger partial charge in [-0.1, -0.05) is 45.4 Å². The molecule has 0 aromatic heterocycles. The van der Waals surface area contributed by atoms with Crippen molar-refractivity contribution in [3.05, 3.63) is 23.8 Å². The number of carbonyl (C=O) groups excluding carboxylic acids is 1. The number of ketones is 1. The van der Waals surface area contributed by atoms with E-state index < -0.39 is 0 Å². The highest BCUT2D eigenvalue weighted by Gasteiger charge is 2.32. The Bertz CT molecular complexity index is 331. The molecule has 1 unspecified atom stereocenters. The third kappa shape index (κ3) is 4.14. The first-order valence-electron chi connectivity index (χ1n) is 6.70. The Morgan fingerprint density at radius 2 is 2.18 bits per heavy atom. The highest BCUT2D eigenvalue weighted by atomic mass is 16.1. The van der Waals surface area contributed by atoms with Crippen LogP contribution in [0.15, 0.2) is 23.8 Å². The normalized spacial score (nSPS) is 24.1. The molecule has 0 aromatic carbocycles. The van der Waals surface area contributed by atoms with E-state index in [1.165, 1.54) is 18.4 Å². The van der Waals surface area contributed by atoms with Gasteiger partial charge >= 0.3 is 0 Å². The van der Waals surface area contributed by atoms with Crippen LogP contribution in [0.25, 0.3) is 0 Å². The molecule has 0 saturated heterocycles. The van der Waals surface area contributed by atoms with Crippen LogP contribution >= 0.6 is 0 Å². The van der Waals surface area contributed by atoms with E-state index in [4.69, 9.17) is 0 Å². The van der Waals surface area contributed by atoms with E-state index in [2.05, 4.69) is 39.8 Å². The van der Waals surface area contributed by atoms with Gasteiger partial charge in [0.1, 0.15) is 0 Å². The minimum Gasteiger partial charge on any atom is -0.295 e. The van der Waals surface area contributed by atoms with Gasteiger partial charge in [0.15, 0.2) is 5.78 Å². The fraction of sp³-hybridized carbons (Fsp3) is 0.688. The molecule has 0 bridgehead atoms. The maximum Gasteiger partial charge on any atom is 0.152 e. The van der Waals surface area contributed by atoms with E-state index in [1.54, 1.807) is 13.0 Å². The predicted octanol–water partition coefficient (Wildman–Crippen LogP) is 4.54. The monoisotopic (exact) mass is 234 g/mol. The van der Waals surface area contributed by atoms with Crippen molar-refractivity contribution in [1.82, 2.24) is 0 Å². The summed E-state index contributed by atoms with van der Waals surface area (Å²) in [6, 6.07) is 0. The van der Waals surface area contributed by atoms with Crippen molar-refractivity contribution in [2.75, 3.05) is 0 Å². The molecule has 17 heavy (non-hydrogen) atoms. The van der Waals surface area contributed by atoms with Crippen molar-refractivity contribution in [3.8, 4) is 0 Å². The number of hydrogen-bond donors (Lipinski definition) is 0. The standard InChI is InChI=1S/C16H26O/c1-12(2)11-14-7-6-10-16(4,5)15(14)9-8-13(3)17/h7-9,12,15H,6,10-11H2,1-5H3/b9-8+. The van der Waals surface area contributed by atoms with Gasteiger partial charge in [-0.2, -0.15) is 0 Å². The predicted molar refractivity (Wildman–Crippen MR) is 73.9 cm³/mol. The third-order valence-electron chi connectivity index (χ3n) is 3.60. The van der Waals surface area contributed by atoms with Crippen molar-refractivity contribution in [3.63, 3.8) is 0 Å². The zero-order chi connectivity index (χ0) is 13.1. The maximum absolute atomic E-state index is 11.1. The second-order valence-corrected chi connectivity index (χ2v) is 6.35. The fourth-order valence-electron chi connectivity index (χ4n) is 2.71. The van der Waals surface area contributed by atoms with Crippen molar-refractivity contribution in [1.29, 1.82) is 0 Å². The number of hydrogen-bond acceptors (Lipinski definition) is 1. The van der Waals surface area contributed by atoms with Gasteiger partial charge in [0.05, 0.1) is 0 Å². The van der Waals surface area contributed by atoms with Gasteiger partial charge in [0.2, 0.25) is 0 Å². The lowest BCUT2D eigenvalue weighted by Gasteiger charge is -2.38. The molecule has 0 N–H and O–H groups in total. The van der Waals surface area contributed by atoms with Crippen LogP contribution in [-0.4, -0.2) is 5.78 Å². The summed E-state index contributed by atoms with van der Waals surface area (Å²) in [5.74, 6) is 1.26. The number of carbonyl (C=O) groups is 1. The summed E-state index contributed by atoms with van der Waals surface area (Å²) in [5.41, 5.74) is 1.80. The fourth-order valence-corrected chi connectivity index (χ4v) is 2.71. The van der Waals surface area contributed by atoms with Crippen LogP contribution in [0, 0.1) is 17.3 Å². The zero-order valence-electron chi connectivity index (χ0n) is 11.9. The van der Waals surface area contributed by atoms with Crippen molar-refractivity contribution in [2.24, 2.45) is 17.3 Å². The Morgan fingerprint density at radius 3 is 2.71 bits per heavy atom. The molecule has 96 valence electrons. The second kappa shape index (κ2) is 5.66.